The lowest BCUT2D eigenvalue weighted by atomic mass is 10.1. The van der Waals surface area contributed by atoms with Crippen LogP contribution in [0.25, 0.3) is 0 Å². The molecule has 2 aromatic rings. The topological polar surface area (TPSA) is 78.4 Å². The molecule has 2 atom stereocenters. The van der Waals surface area contributed by atoms with Crippen LogP contribution >= 0.6 is 0 Å². The highest BCUT2D eigenvalue weighted by atomic mass is 32.2. The zero-order valence-corrected chi connectivity index (χ0v) is 13.0. The van der Waals surface area contributed by atoms with Crippen LogP contribution in [0.1, 0.15) is 11.6 Å². The average Bonchev–Trinajstić information content (AvgIpc) is 2.54. The molecule has 2 aromatic carbocycles. The van der Waals surface area contributed by atoms with Crippen LogP contribution in [0.3, 0.4) is 0 Å². The minimum atomic E-state index is -1.05. The zero-order chi connectivity index (χ0) is 15.9. The fourth-order valence-electron chi connectivity index (χ4n) is 1.98. The number of anilines is 1. The van der Waals surface area contributed by atoms with E-state index in [0.29, 0.717) is 10.6 Å². The van der Waals surface area contributed by atoms with Crippen molar-refractivity contribution < 1.29 is 14.1 Å². The van der Waals surface area contributed by atoms with Crippen LogP contribution in [0.15, 0.2) is 59.5 Å². The standard InChI is InChI=1S/C16H18N2O3S/c1-22(21)14-9-7-13(8-10-14)17-16(20)18-15(11-19)12-5-3-2-4-6-12/h2-10,15,19H,11H2,1H3,(H2,17,18,20)/t15-,22-/m1/s1. The van der Waals surface area contributed by atoms with Gasteiger partial charge in [0.05, 0.1) is 12.6 Å². The first kappa shape index (κ1) is 16.2. The molecule has 0 bridgehead atoms. The van der Waals surface area contributed by atoms with Gasteiger partial charge < -0.3 is 15.7 Å². The van der Waals surface area contributed by atoms with Crippen LogP contribution in [0, 0.1) is 0 Å². The Bertz CT molecular complexity index is 644. The normalized spacial score (nSPS) is 13.2. The number of hydrogen-bond donors (Lipinski definition) is 3. The van der Waals surface area contributed by atoms with E-state index in [1.165, 1.54) is 0 Å². The van der Waals surface area contributed by atoms with E-state index >= 15 is 0 Å². The molecule has 0 fully saturated rings. The van der Waals surface area contributed by atoms with Crippen molar-refractivity contribution in [2.45, 2.75) is 10.9 Å². The summed E-state index contributed by atoms with van der Waals surface area (Å²) in [4.78, 5) is 12.7. The highest BCUT2D eigenvalue weighted by molar-refractivity contribution is 7.84. The van der Waals surface area contributed by atoms with E-state index in [-0.39, 0.29) is 6.61 Å². The van der Waals surface area contributed by atoms with Gasteiger partial charge in [-0.3, -0.25) is 4.21 Å². The van der Waals surface area contributed by atoms with E-state index in [4.69, 9.17) is 0 Å². The summed E-state index contributed by atoms with van der Waals surface area (Å²) < 4.78 is 11.3. The number of amides is 2. The number of hydrogen-bond acceptors (Lipinski definition) is 3. The summed E-state index contributed by atoms with van der Waals surface area (Å²) in [6.45, 7) is -0.189. The molecule has 3 N–H and O–H groups in total. The second-order valence-corrected chi connectivity index (χ2v) is 6.10. The lowest BCUT2D eigenvalue weighted by Gasteiger charge is -2.17. The number of carbonyl (C=O) groups is 1. The summed E-state index contributed by atoms with van der Waals surface area (Å²) in [5.74, 6) is 0. The molecule has 0 radical (unpaired) electrons. The first-order chi connectivity index (χ1) is 10.6. The van der Waals surface area contributed by atoms with Gasteiger partial charge in [-0.15, -0.1) is 0 Å². The molecule has 116 valence electrons. The molecule has 5 nitrogen and oxygen atoms in total. The molecule has 0 aliphatic carbocycles. The molecule has 0 heterocycles. The Morgan fingerprint density at radius 1 is 1.14 bits per heavy atom. The molecule has 0 saturated carbocycles. The Hall–Kier alpha value is -2.18. The lowest BCUT2D eigenvalue weighted by molar-refractivity contribution is 0.225. The number of aliphatic hydroxyl groups excluding tert-OH is 1. The summed E-state index contributed by atoms with van der Waals surface area (Å²) in [5, 5.41) is 14.8. The molecule has 0 aliphatic rings. The molecular weight excluding hydrogens is 300 g/mol. The molecule has 0 unspecified atom stereocenters. The highest BCUT2D eigenvalue weighted by Gasteiger charge is 2.13. The van der Waals surface area contributed by atoms with Gasteiger partial charge in [-0.1, -0.05) is 30.3 Å². The van der Waals surface area contributed by atoms with Gasteiger partial charge in [-0.25, -0.2) is 4.79 Å². The highest BCUT2D eigenvalue weighted by Crippen LogP contribution is 2.14. The number of carbonyl (C=O) groups excluding carboxylic acids is 1. The van der Waals surface area contributed by atoms with E-state index in [9.17, 15) is 14.1 Å². The van der Waals surface area contributed by atoms with E-state index in [0.717, 1.165) is 5.56 Å². The van der Waals surface area contributed by atoms with Gasteiger partial charge >= 0.3 is 6.03 Å². The number of urea groups is 1. The second-order valence-electron chi connectivity index (χ2n) is 4.72. The summed E-state index contributed by atoms with van der Waals surface area (Å²) in [6, 6.07) is 15.1. The Morgan fingerprint density at radius 3 is 2.32 bits per heavy atom. The average molecular weight is 318 g/mol. The quantitative estimate of drug-likeness (QED) is 0.791. The predicted molar refractivity (Wildman–Crippen MR) is 87.2 cm³/mol. The second kappa shape index (κ2) is 7.72. The molecule has 2 rings (SSSR count). The zero-order valence-electron chi connectivity index (χ0n) is 12.2. The Kier molecular flexibility index (Phi) is 5.68. The maximum absolute atomic E-state index is 12.0. The maximum atomic E-state index is 12.0. The molecule has 0 saturated heterocycles. The molecule has 0 aromatic heterocycles. The van der Waals surface area contributed by atoms with Crippen molar-refractivity contribution in [2.24, 2.45) is 0 Å². The van der Waals surface area contributed by atoms with Gasteiger partial charge in [0.15, 0.2) is 0 Å². The summed E-state index contributed by atoms with van der Waals surface area (Å²) in [7, 11) is -1.05. The minimum absolute atomic E-state index is 0.189. The first-order valence-electron chi connectivity index (χ1n) is 6.77. The van der Waals surface area contributed by atoms with E-state index in [2.05, 4.69) is 10.6 Å². The Labute approximate surface area is 131 Å². The lowest BCUT2D eigenvalue weighted by Crippen LogP contribution is -2.34. The van der Waals surface area contributed by atoms with Gasteiger partial charge in [-0.05, 0) is 29.8 Å². The van der Waals surface area contributed by atoms with Crippen molar-refractivity contribution in [3.05, 3.63) is 60.2 Å². The van der Waals surface area contributed by atoms with Crippen LogP contribution in [0.4, 0.5) is 10.5 Å². The maximum Gasteiger partial charge on any atom is 0.319 e. The van der Waals surface area contributed by atoms with Gasteiger partial charge in [0.2, 0.25) is 0 Å². The Balaban J connectivity index is 1.98. The van der Waals surface area contributed by atoms with Gasteiger partial charge in [0.25, 0.3) is 0 Å². The largest absolute Gasteiger partial charge is 0.394 e. The SMILES string of the molecule is C[S@@](=O)c1ccc(NC(=O)N[C@H](CO)c2ccccc2)cc1. The van der Waals surface area contributed by atoms with Gasteiger partial charge in [0, 0.05) is 27.6 Å². The van der Waals surface area contributed by atoms with E-state index < -0.39 is 22.9 Å². The van der Waals surface area contributed by atoms with Crippen LogP contribution in [-0.2, 0) is 10.8 Å². The van der Waals surface area contributed by atoms with Crippen LogP contribution in [0.5, 0.6) is 0 Å². The smallest absolute Gasteiger partial charge is 0.319 e. The van der Waals surface area contributed by atoms with Gasteiger partial charge in [-0.2, -0.15) is 0 Å². The third kappa shape index (κ3) is 4.41. The molecule has 2 amide bonds. The summed E-state index contributed by atoms with van der Waals surface area (Å²) >= 11 is 0. The van der Waals surface area contributed by atoms with Crippen LogP contribution in [0.2, 0.25) is 0 Å². The molecule has 0 aliphatic heterocycles. The number of benzene rings is 2. The minimum Gasteiger partial charge on any atom is -0.394 e. The van der Waals surface area contributed by atoms with E-state index in [1.54, 1.807) is 30.5 Å². The molecule has 0 spiro atoms. The number of rotatable bonds is 5. The first-order valence-corrected chi connectivity index (χ1v) is 8.33. The summed E-state index contributed by atoms with van der Waals surface area (Å²) in [6.07, 6.45) is 1.60. The third-order valence-electron chi connectivity index (χ3n) is 3.13. The van der Waals surface area contributed by atoms with Crippen molar-refractivity contribution in [1.82, 2.24) is 5.32 Å². The molecule has 6 heteroatoms. The molecule has 22 heavy (non-hydrogen) atoms. The van der Waals surface area contributed by atoms with Crippen molar-refractivity contribution in [1.29, 1.82) is 0 Å². The van der Waals surface area contributed by atoms with Crippen molar-refractivity contribution in [3.8, 4) is 0 Å². The predicted octanol–water partition coefficient (Wildman–Crippen LogP) is 2.28. The third-order valence-corrected chi connectivity index (χ3v) is 4.07. The van der Waals surface area contributed by atoms with Gasteiger partial charge in [0.1, 0.15) is 0 Å². The number of aliphatic hydroxyl groups is 1. The molecular formula is C16H18N2O3S. The Morgan fingerprint density at radius 2 is 1.77 bits per heavy atom. The van der Waals surface area contributed by atoms with E-state index in [1.807, 2.05) is 30.3 Å². The van der Waals surface area contributed by atoms with Crippen molar-refractivity contribution >= 4 is 22.5 Å². The van der Waals surface area contributed by atoms with Crippen LogP contribution < -0.4 is 10.6 Å². The number of nitrogens with one attached hydrogen (secondary N) is 2. The van der Waals surface area contributed by atoms with Crippen LogP contribution in [-0.4, -0.2) is 28.2 Å². The fraction of sp³-hybridized carbons (Fsp3) is 0.188. The summed E-state index contributed by atoms with van der Waals surface area (Å²) in [5.41, 5.74) is 1.42. The monoisotopic (exact) mass is 318 g/mol. The fourth-order valence-corrected chi connectivity index (χ4v) is 2.49. The van der Waals surface area contributed by atoms with Crippen molar-refractivity contribution in [2.75, 3.05) is 18.2 Å². The van der Waals surface area contributed by atoms with Crippen molar-refractivity contribution in [3.63, 3.8) is 0 Å².